The Morgan fingerprint density at radius 1 is 1.06 bits per heavy atom. The number of nitrogens with zero attached hydrogens (tertiary/aromatic N) is 3. The quantitative estimate of drug-likeness (QED) is 0.349. The third kappa shape index (κ3) is 7.73. The zero-order valence-electron chi connectivity index (χ0n) is 21.1. The molecule has 1 N–H and O–H groups in total. The maximum Gasteiger partial charge on any atom is 0.333 e. The van der Waals surface area contributed by atoms with Crippen LogP contribution in [0.4, 0.5) is 0 Å². The van der Waals surface area contributed by atoms with Gasteiger partial charge in [-0.05, 0) is 63.0 Å². The molecule has 0 amide bonds. The van der Waals surface area contributed by atoms with Gasteiger partial charge in [0.15, 0.2) is 6.10 Å². The first-order valence-electron chi connectivity index (χ1n) is 12.4. The van der Waals surface area contributed by atoms with E-state index in [9.17, 15) is 14.7 Å². The van der Waals surface area contributed by atoms with Gasteiger partial charge in [-0.2, -0.15) is 0 Å². The molecule has 0 saturated carbocycles. The Morgan fingerprint density at radius 2 is 1.74 bits per heavy atom. The molecule has 2 aromatic carbocycles. The molecular weight excluding hydrogens is 442 g/mol. The summed E-state index contributed by atoms with van der Waals surface area (Å²) in [7, 11) is 3.87. The van der Waals surface area contributed by atoms with E-state index in [-0.39, 0.29) is 5.56 Å². The molecule has 0 aliphatic heterocycles. The van der Waals surface area contributed by atoms with E-state index < -0.39 is 12.1 Å². The first-order chi connectivity index (χ1) is 16.9. The summed E-state index contributed by atoms with van der Waals surface area (Å²) in [6.45, 7) is 3.81. The maximum absolute atomic E-state index is 12.6. The van der Waals surface area contributed by atoms with Gasteiger partial charge in [0.1, 0.15) is 5.82 Å². The lowest BCUT2D eigenvalue weighted by molar-refractivity contribution is -0.149. The molecule has 1 aromatic heterocycles. The number of para-hydroxylation sites is 1. The molecule has 3 aromatic rings. The molecular formula is C28H37N3O4. The number of aliphatic carboxylic acids is 1. The lowest BCUT2D eigenvalue weighted by atomic mass is 10.0. The van der Waals surface area contributed by atoms with E-state index in [1.807, 2.05) is 43.3 Å². The van der Waals surface area contributed by atoms with Crippen molar-refractivity contribution in [3.63, 3.8) is 0 Å². The van der Waals surface area contributed by atoms with Gasteiger partial charge in [-0.1, -0.05) is 49.2 Å². The molecule has 7 heteroatoms. The summed E-state index contributed by atoms with van der Waals surface area (Å²) in [5.41, 5.74) is 3.01. The molecule has 0 aliphatic rings. The molecule has 7 nitrogen and oxygen atoms in total. The van der Waals surface area contributed by atoms with Crippen LogP contribution >= 0.6 is 0 Å². The van der Waals surface area contributed by atoms with Crippen LogP contribution in [0, 0.1) is 0 Å². The van der Waals surface area contributed by atoms with Crippen LogP contribution in [0.1, 0.15) is 49.6 Å². The maximum atomic E-state index is 12.6. The number of unbranched alkanes of at least 4 members (excludes halogenated alkanes) is 3. The minimum atomic E-state index is -0.917. The van der Waals surface area contributed by atoms with Crippen molar-refractivity contribution in [2.45, 2.75) is 58.1 Å². The monoisotopic (exact) mass is 479 g/mol. The number of carboxylic acids is 1. The highest BCUT2D eigenvalue weighted by Crippen LogP contribution is 2.13. The van der Waals surface area contributed by atoms with Gasteiger partial charge >= 0.3 is 5.97 Å². The summed E-state index contributed by atoms with van der Waals surface area (Å²) < 4.78 is 6.95. The normalized spacial score (nSPS) is 12.3. The van der Waals surface area contributed by atoms with Crippen LogP contribution in [-0.2, 0) is 36.0 Å². The van der Waals surface area contributed by atoms with Gasteiger partial charge in [0, 0.05) is 20.1 Å². The molecule has 1 atom stereocenters. The van der Waals surface area contributed by atoms with Crippen LogP contribution < -0.4 is 5.56 Å². The van der Waals surface area contributed by atoms with Crippen LogP contribution in [0.2, 0.25) is 0 Å². The van der Waals surface area contributed by atoms with Crippen molar-refractivity contribution in [3.8, 4) is 0 Å². The molecule has 188 valence electrons. The zero-order valence-corrected chi connectivity index (χ0v) is 21.1. The summed E-state index contributed by atoms with van der Waals surface area (Å²) in [4.78, 5) is 30.7. The standard InChI is InChI=1S/C28H37N3O4/c1-4-35-25(28(33)34)19-22-16-14-21(15-17-22)11-7-5-6-10-18-30(2)20-26-29-24-13-9-8-12-23(24)27(32)31(26)3/h8-9,12-17,25H,4-7,10-11,18-20H2,1-3H3,(H,33,34)/t25-/m0/s1. The predicted molar refractivity (Wildman–Crippen MR) is 139 cm³/mol. The number of aromatic nitrogens is 2. The zero-order chi connectivity index (χ0) is 25.2. The van der Waals surface area contributed by atoms with Gasteiger partial charge in [-0.15, -0.1) is 0 Å². The number of hydrogen-bond donors (Lipinski definition) is 1. The number of aryl methyl sites for hydroxylation is 1. The van der Waals surface area contributed by atoms with E-state index >= 15 is 0 Å². The first-order valence-corrected chi connectivity index (χ1v) is 12.4. The van der Waals surface area contributed by atoms with Gasteiger partial charge in [0.25, 0.3) is 5.56 Å². The van der Waals surface area contributed by atoms with Gasteiger partial charge in [-0.3, -0.25) is 14.3 Å². The fourth-order valence-electron chi connectivity index (χ4n) is 4.27. The lowest BCUT2D eigenvalue weighted by Crippen LogP contribution is -2.28. The van der Waals surface area contributed by atoms with Crippen LogP contribution in [0.5, 0.6) is 0 Å². The van der Waals surface area contributed by atoms with Gasteiger partial charge < -0.3 is 9.84 Å². The predicted octanol–water partition coefficient (Wildman–Crippen LogP) is 4.20. The highest BCUT2D eigenvalue weighted by molar-refractivity contribution is 5.77. The highest BCUT2D eigenvalue weighted by atomic mass is 16.5. The topological polar surface area (TPSA) is 84.7 Å². The van der Waals surface area contributed by atoms with Crippen molar-refractivity contribution in [1.29, 1.82) is 0 Å². The van der Waals surface area contributed by atoms with Crippen molar-refractivity contribution in [2.75, 3.05) is 20.2 Å². The molecule has 0 saturated heterocycles. The number of fused-ring (bicyclic) bond motifs is 1. The van der Waals surface area contributed by atoms with Crippen molar-refractivity contribution in [1.82, 2.24) is 14.5 Å². The molecule has 0 radical (unpaired) electrons. The van der Waals surface area contributed by atoms with E-state index in [1.54, 1.807) is 11.6 Å². The van der Waals surface area contributed by atoms with Gasteiger partial charge in [-0.25, -0.2) is 9.78 Å². The smallest absolute Gasteiger partial charge is 0.333 e. The molecule has 0 spiro atoms. The summed E-state index contributed by atoms with van der Waals surface area (Å²) in [5, 5.41) is 9.89. The average molecular weight is 480 g/mol. The van der Waals surface area contributed by atoms with E-state index in [1.165, 1.54) is 5.56 Å². The molecule has 0 unspecified atom stereocenters. The second-order valence-electron chi connectivity index (χ2n) is 9.11. The fourth-order valence-corrected chi connectivity index (χ4v) is 4.27. The Labute approximate surface area is 207 Å². The molecule has 0 fully saturated rings. The summed E-state index contributed by atoms with van der Waals surface area (Å²) in [6, 6.07) is 15.7. The summed E-state index contributed by atoms with van der Waals surface area (Å²) in [5.74, 6) is -0.130. The number of rotatable bonds is 14. The largest absolute Gasteiger partial charge is 0.479 e. The minimum Gasteiger partial charge on any atom is -0.479 e. The number of hydrogen-bond acceptors (Lipinski definition) is 5. The number of carboxylic acid groups (broad SMARTS) is 1. The van der Waals surface area contributed by atoms with Crippen LogP contribution in [0.25, 0.3) is 10.9 Å². The number of benzene rings is 2. The van der Waals surface area contributed by atoms with Crippen LogP contribution in [0.3, 0.4) is 0 Å². The second kappa shape index (κ2) is 13.2. The van der Waals surface area contributed by atoms with E-state index in [2.05, 4.69) is 24.1 Å². The SMILES string of the molecule is CCO[C@@H](Cc1ccc(CCCCCCN(C)Cc2nc3ccccc3c(=O)n2C)cc1)C(=O)O. The third-order valence-corrected chi connectivity index (χ3v) is 6.33. The van der Waals surface area contributed by atoms with Crippen LogP contribution in [-0.4, -0.2) is 51.8 Å². The van der Waals surface area contributed by atoms with E-state index in [0.717, 1.165) is 55.6 Å². The van der Waals surface area contributed by atoms with Crippen molar-refractivity contribution in [3.05, 3.63) is 75.8 Å². The van der Waals surface area contributed by atoms with E-state index in [4.69, 9.17) is 9.72 Å². The number of carbonyl (C=O) groups is 1. The summed E-state index contributed by atoms with van der Waals surface area (Å²) >= 11 is 0. The van der Waals surface area contributed by atoms with Crippen molar-refractivity contribution < 1.29 is 14.6 Å². The van der Waals surface area contributed by atoms with Crippen LogP contribution in [0.15, 0.2) is 53.3 Å². The molecule has 0 aliphatic carbocycles. The summed E-state index contributed by atoms with van der Waals surface area (Å²) in [6.07, 6.45) is 5.17. The highest BCUT2D eigenvalue weighted by Gasteiger charge is 2.17. The number of ether oxygens (including phenoxy) is 1. The Balaban J connectivity index is 1.37. The third-order valence-electron chi connectivity index (χ3n) is 6.33. The average Bonchev–Trinajstić information content (AvgIpc) is 2.85. The lowest BCUT2D eigenvalue weighted by Gasteiger charge is -2.18. The van der Waals surface area contributed by atoms with Crippen molar-refractivity contribution in [2.24, 2.45) is 7.05 Å². The first kappa shape index (κ1) is 26.6. The fraction of sp³-hybridized carbons (Fsp3) is 0.464. The molecule has 3 rings (SSSR count). The second-order valence-corrected chi connectivity index (χ2v) is 9.11. The Hall–Kier alpha value is -3.03. The van der Waals surface area contributed by atoms with Gasteiger partial charge in [0.2, 0.25) is 0 Å². The van der Waals surface area contributed by atoms with E-state index in [0.29, 0.717) is 25.0 Å². The Kier molecular flexibility index (Phi) is 9.99. The van der Waals surface area contributed by atoms with Crippen molar-refractivity contribution >= 4 is 16.9 Å². The Bertz CT molecular complexity index is 1160. The minimum absolute atomic E-state index is 0.00280. The molecule has 0 bridgehead atoms. The Morgan fingerprint density at radius 3 is 2.46 bits per heavy atom. The molecule has 35 heavy (non-hydrogen) atoms. The molecule has 1 heterocycles. The van der Waals surface area contributed by atoms with Gasteiger partial charge in [0.05, 0.1) is 17.4 Å².